The molecule has 7 heteroatoms. The summed E-state index contributed by atoms with van der Waals surface area (Å²) in [6.45, 7) is 2.54. The van der Waals surface area contributed by atoms with Crippen molar-refractivity contribution >= 4 is 29.1 Å². The molecule has 1 aliphatic heterocycles. The number of hydrogen-bond acceptors (Lipinski definition) is 4. The number of likely N-dealkylation sites (tertiary alicyclic amines) is 1. The predicted octanol–water partition coefficient (Wildman–Crippen LogP) is 1.04. The minimum atomic E-state index is -0.293. The summed E-state index contributed by atoms with van der Waals surface area (Å²) in [5.74, 6) is -0.581. The molecular formula is C15H21N3O3S. The third kappa shape index (κ3) is 4.30. The summed E-state index contributed by atoms with van der Waals surface area (Å²) >= 11 is 1.52. The van der Waals surface area contributed by atoms with E-state index in [0.29, 0.717) is 25.9 Å². The molecule has 1 saturated heterocycles. The molecule has 3 N–H and O–H groups in total. The van der Waals surface area contributed by atoms with Crippen molar-refractivity contribution in [1.82, 2.24) is 10.2 Å². The first kappa shape index (κ1) is 16.5. The zero-order valence-corrected chi connectivity index (χ0v) is 13.4. The Hall–Kier alpha value is -1.89. The molecule has 1 fully saturated rings. The summed E-state index contributed by atoms with van der Waals surface area (Å²) < 4.78 is 0. The van der Waals surface area contributed by atoms with Gasteiger partial charge in [-0.15, -0.1) is 11.3 Å². The zero-order chi connectivity index (χ0) is 16.1. The van der Waals surface area contributed by atoms with Gasteiger partial charge in [0, 0.05) is 30.8 Å². The first-order valence-corrected chi connectivity index (χ1v) is 8.23. The van der Waals surface area contributed by atoms with Crippen molar-refractivity contribution in [3.63, 3.8) is 0 Å². The summed E-state index contributed by atoms with van der Waals surface area (Å²) in [6.07, 6.45) is 1.47. The van der Waals surface area contributed by atoms with Gasteiger partial charge in [-0.1, -0.05) is 6.07 Å². The SMILES string of the molecule is CC(=O)NC(CC(=O)N1CCC(C(N)=O)CC1)c1cccs1. The van der Waals surface area contributed by atoms with Crippen LogP contribution in [-0.4, -0.2) is 35.7 Å². The van der Waals surface area contributed by atoms with E-state index in [9.17, 15) is 14.4 Å². The lowest BCUT2D eigenvalue weighted by atomic mass is 9.96. The number of hydrogen-bond donors (Lipinski definition) is 2. The maximum absolute atomic E-state index is 12.4. The molecule has 22 heavy (non-hydrogen) atoms. The first-order chi connectivity index (χ1) is 10.5. The number of carbonyl (C=O) groups excluding carboxylic acids is 3. The predicted molar refractivity (Wildman–Crippen MR) is 84.0 cm³/mol. The molecular weight excluding hydrogens is 302 g/mol. The summed E-state index contributed by atoms with van der Waals surface area (Å²) in [5.41, 5.74) is 5.30. The Morgan fingerprint density at radius 1 is 1.41 bits per heavy atom. The summed E-state index contributed by atoms with van der Waals surface area (Å²) in [4.78, 5) is 37.6. The fourth-order valence-corrected chi connectivity index (χ4v) is 3.45. The second-order valence-corrected chi connectivity index (χ2v) is 6.51. The molecule has 3 amide bonds. The molecule has 0 saturated carbocycles. The fourth-order valence-electron chi connectivity index (χ4n) is 2.67. The van der Waals surface area contributed by atoms with Gasteiger partial charge in [-0.25, -0.2) is 0 Å². The van der Waals surface area contributed by atoms with Crippen LogP contribution in [0.25, 0.3) is 0 Å². The monoisotopic (exact) mass is 323 g/mol. The molecule has 0 radical (unpaired) electrons. The van der Waals surface area contributed by atoms with Crippen LogP contribution in [0.2, 0.25) is 0 Å². The number of nitrogens with zero attached hydrogens (tertiary/aromatic N) is 1. The van der Waals surface area contributed by atoms with Crippen LogP contribution in [0.3, 0.4) is 0 Å². The van der Waals surface area contributed by atoms with Crippen LogP contribution >= 0.6 is 11.3 Å². The molecule has 1 atom stereocenters. The van der Waals surface area contributed by atoms with Crippen LogP contribution in [-0.2, 0) is 14.4 Å². The van der Waals surface area contributed by atoms with E-state index in [1.807, 2.05) is 17.5 Å². The Labute approximate surface area is 133 Å². The topological polar surface area (TPSA) is 92.5 Å². The second-order valence-electron chi connectivity index (χ2n) is 5.53. The van der Waals surface area contributed by atoms with E-state index in [0.717, 1.165) is 4.88 Å². The van der Waals surface area contributed by atoms with Gasteiger partial charge in [-0.05, 0) is 24.3 Å². The van der Waals surface area contributed by atoms with Gasteiger partial charge < -0.3 is 16.0 Å². The van der Waals surface area contributed by atoms with Crippen molar-refractivity contribution < 1.29 is 14.4 Å². The van der Waals surface area contributed by atoms with Gasteiger partial charge in [0.05, 0.1) is 12.5 Å². The molecule has 0 aromatic carbocycles. The fraction of sp³-hybridized carbons (Fsp3) is 0.533. The standard InChI is InChI=1S/C15H21N3O3S/c1-10(19)17-12(13-3-2-8-22-13)9-14(20)18-6-4-11(5-7-18)15(16)21/h2-3,8,11-12H,4-7,9H2,1H3,(H2,16,21)(H,17,19). The molecule has 1 aromatic heterocycles. The lowest BCUT2D eigenvalue weighted by molar-refractivity contribution is -0.135. The highest BCUT2D eigenvalue weighted by Crippen LogP contribution is 2.24. The highest BCUT2D eigenvalue weighted by molar-refractivity contribution is 7.10. The number of piperidine rings is 1. The lowest BCUT2D eigenvalue weighted by Gasteiger charge is -2.31. The number of carbonyl (C=O) groups is 3. The van der Waals surface area contributed by atoms with Gasteiger partial charge in [0.15, 0.2) is 0 Å². The third-order valence-electron chi connectivity index (χ3n) is 3.89. The van der Waals surface area contributed by atoms with E-state index in [2.05, 4.69) is 5.32 Å². The highest BCUT2D eigenvalue weighted by Gasteiger charge is 2.28. The van der Waals surface area contributed by atoms with Gasteiger partial charge in [-0.3, -0.25) is 14.4 Å². The molecule has 1 aromatic rings. The van der Waals surface area contributed by atoms with E-state index in [4.69, 9.17) is 5.73 Å². The van der Waals surface area contributed by atoms with Gasteiger partial charge in [0.1, 0.15) is 0 Å². The van der Waals surface area contributed by atoms with Crippen molar-refractivity contribution in [2.45, 2.75) is 32.2 Å². The Bertz CT molecular complexity index is 536. The van der Waals surface area contributed by atoms with Crippen LogP contribution in [0.1, 0.15) is 37.1 Å². The van der Waals surface area contributed by atoms with Crippen LogP contribution in [0.15, 0.2) is 17.5 Å². The minimum Gasteiger partial charge on any atom is -0.369 e. The average Bonchev–Trinajstić information content (AvgIpc) is 3.00. The Kier molecular flexibility index (Phi) is 5.54. The molecule has 0 bridgehead atoms. The van der Waals surface area contributed by atoms with E-state index in [1.54, 1.807) is 4.90 Å². The van der Waals surface area contributed by atoms with Crippen LogP contribution in [0.4, 0.5) is 0 Å². The number of rotatable bonds is 5. The first-order valence-electron chi connectivity index (χ1n) is 7.35. The van der Waals surface area contributed by atoms with Gasteiger partial charge >= 0.3 is 0 Å². The third-order valence-corrected chi connectivity index (χ3v) is 4.88. The van der Waals surface area contributed by atoms with E-state index >= 15 is 0 Å². The lowest BCUT2D eigenvalue weighted by Crippen LogP contribution is -2.43. The molecule has 2 rings (SSSR count). The van der Waals surface area contributed by atoms with Crippen molar-refractivity contribution in [2.24, 2.45) is 11.7 Å². The number of primary amides is 1. The smallest absolute Gasteiger partial charge is 0.225 e. The highest BCUT2D eigenvalue weighted by atomic mass is 32.1. The summed E-state index contributed by atoms with van der Waals surface area (Å²) in [5, 5.41) is 4.75. The van der Waals surface area contributed by atoms with Gasteiger partial charge in [0.25, 0.3) is 0 Å². The molecule has 6 nitrogen and oxygen atoms in total. The van der Waals surface area contributed by atoms with E-state index in [1.165, 1.54) is 18.3 Å². The number of amides is 3. The van der Waals surface area contributed by atoms with E-state index in [-0.39, 0.29) is 36.1 Å². The zero-order valence-electron chi connectivity index (χ0n) is 12.6. The Balaban J connectivity index is 1.94. The normalized spacial score (nSPS) is 17.0. The van der Waals surface area contributed by atoms with Crippen molar-refractivity contribution in [3.8, 4) is 0 Å². The van der Waals surface area contributed by atoms with E-state index < -0.39 is 0 Å². The largest absolute Gasteiger partial charge is 0.369 e. The van der Waals surface area contributed by atoms with Gasteiger partial charge in [0.2, 0.25) is 17.7 Å². The second kappa shape index (κ2) is 7.40. The average molecular weight is 323 g/mol. The van der Waals surface area contributed by atoms with Crippen molar-refractivity contribution in [3.05, 3.63) is 22.4 Å². The quantitative estimate of drug-likeness (QED) is 0.848. The number of nitrogens with two attached hydrogens (primary N) is 1. The number of nitrogens with one attached hydrogen (secondary N) is 1. The molecule has 1 unspecified atom stereocenters. The van der Waals surface area contributed by atoms with Crippen LogP contribution < -0.4 is 11.1 Å². The molecule has 0 spiro atoms. The van der Waals surface area contributed by atoms with Crippen molar-refractivity contribution in [2.75, 3.05) is 13.1 Å². The van der Waals surface area contributed by atoms with Crippen LogP contribution in [0, 0.1) is 5.92 Å². The summed E-state index contributed by atoms with van der Waals surface area (Å²) in [7, 11) is 0. The molecule has 2 heterocycles. The molecule has 0 aliphatic carbocycles. The van der Waals surface area contributed by atoms with Gasteiger partial charge in [-0.2, -0.15) is 0 Å². The molecule has 120 valence electrons. The Morgan fingerprint density at radius 3 is 2.59 bits per heavy atom. The maximum Gasteiger partial charge on any atom is 0.225 e. The Morgan fingerprint density at radius 2 is 2.09 bits per heavy atom. The van der Waals surface area contributed by atoms with Crippen LogP contribution in [0.5, 0.6) is 0 Å². The molecule has 1 aliphatic rings. The maximum atomic E-state index is 12.4. The van der Waals surface area contributed by atoms with Crippen molar-refractivity contribution in [1.29, 1.82) is 0 Å². The minimum absolute atomic E-state index is 0.00456. The summed E-state index contributed by atoms with van der Waals surface area (Å²) in [6, 6.07) is 3.52. The number of thiophene rings is 1.